The van der Waals surface area contributed by atoms with Crippen molar-refractivity contribution in [1.29, 1.82) is 0 Å². The van der Waals surface area contributed by atoms with Gasteiger partial charge >= 0.3 is 0 Å². The highest BCUT2D eigenvalue weighted by molar-refractivity contribution is 7.11. The minimum atomic E-state index is -0.112. The molecule has 0 aliphatic heterocycles. The Morgan fingerprint density at radius 1 is 1.25 bits per heavy atom. The summed E-state index contributed by atoms with van der Waals surface area (Å²) in [7, 11) is 0. The second-order valence-electron chi connectivity index (χ2n) is 3.89. The molecule has 84 valence electrons. The second kappa shape index (κ2) is 4.31. The molecule has 0 spiro atoms. The van der Waals surface area contributed by atoms with E-state index >= 15 is 0 Å². The SMILES string of the molecule is Cc1ccc(C(N)c2sc(C)nc2C)cn1. The third-order valence-corrected chi connectivity index (χ3v) is 3.67. The van der Waals surface area contributed by atoms with Crippen molar-refractivity contribution >= 4 is 11.3 Å². The van der Waals surface area contributed by atoms with Crippen LogP contribution < -0.4 is 5.73 Å². The van der Waals surface area contributed by atoms with Crippen molar-refractivity contribution in [1.82, 2.24) is 9.97 Å². The molecule has 0 amide bonds. The first-order valence-electron chi connectivity index (χ1n) is 5.20. The molecule has 0 saturated carbocycles. The molecular weight excluding hydrogens is 218 g/mol. The highest BCUT2D eigenvalue weighted by atomic mass is 32.1. The first kappa shape index (κ1) is 11.2. The van der Waals surface area contributed by atoms with E-state index < -0.39 is 0 Å². The van der Waals surface area contributed by atoms with Crippen LogP contribution >= 0.6 is 11.3 Å². The molecule has 0 saturated heterocycles. The Bertz CT molecular complexity index is 487. The van der Waals surface area contributed by atoms with Crippen molar-refractivity contribution in [2.24, 2.45) is 5.73 Å². The highest BCUT2D eigenvalue weighted by Crippen LogP contribution is 2.27. The van der Waals surface area contributed by atoms with Gasteiger partial charge in [-0.1, -0.05) is 6.07 Å². The van der Waals surface area contributed by atoms with E-state index in [1.165, 1.54) is 0 Å². The van der Waals surface area contributed by atoms with E-state index in [2.05, 4.69) is 9.97 Å². The van der Waals surface area contributed by atoms with Crippen LogP contribution in [0, 0.1) is 20.8 Å². The maximum Gasteiger partial charge on any atom is 0.0900 e. The van der Waals surface area contributed by atoms with E-state index in [-0.39, 0.29) is 6.04 Å². The molecule has 16 heavy (non-hydrogen) atoms. The Hall–Kier alpha value is -1.26. The fourth-order valence-electron chi connectivity index (χ4n) is 1.65. The van der Waals surface area contributed by atoms with E-state index in [4.69, 9.17) is 5.73 Å². The van der Waals surface area contributed by atoms with Gasteiger partial charge in [0.05, 0.1) is 16.7 Å². The van der Waals surface area contributed by atoms with Gasteiger partial charge in [-0.2, -0.15) is 0 Å². The van der Waals surface area contributed by atoms with Gasteiger partial charge in [0.25, 0.3) is 0 Å². The summed E-state index contributed by atoms with van der Waals surface area (Å²) in [6, 6.07) is 3.90. The molecule has 0 bridgehead atoms. The number of hydrogen-bond donors (Lipinski definition) is 1. The summed E-state index contributed by atoms with van der Waals surface area (Å²) >= 11 is 1.66. The van der Waals surface area contributed by atoms with Crippen LogP contribution in [0.3, 0.4) is 0 Å². The molecule has 0 radical (unpaired) electrons. The number of thiazole rings is 1. The van der Waals surface area contributed by atoms with E-state index in [1.54, 1.807) is 11.3 Å². The molecule has 2 aromatic heterocycles. The zero-order valence-electron chi connectivity index (χ0n) is 9.69. The molecule has 3 nitrogen and oxygen atoms in total. The van der Waals surface area contributed by atoms with Gasteiger partial charge in [0, 0.05) is 16.8 Å². The van der Waals surface area contributed by atoms with Crippen LogP contribution in [0.1, 0.15) is 32.9 Å². The van der Waals surface area contributed by atoms with Crippen LogP contribution in [0.5, 0.6) is 0 Å². The van der Waals surface area contributed by atoms with Crippen LogP contribution in [0.4, 0.5) is 0 Å². The highest BCUT2D eigenvalue weighted by Gasteiger charge is 2.15. The average molecular weight is 233 g/mol. The van der Waals surface area contributed by atoms with E-state index in [0.717, 1.165) is 26.8 Å². The van der Waals surface area contributed by atoms with Gasteiger partial charge in [-0.05, 0) is 32.4 Å². The normalized spacial score (nSPS) is 12.8. The van der Waals surface area contributed by atoms with Crippen molar-refractivity contribution in [3.05, 3.63) is 45.2 Å². The summed E-state index contributed by atoms with van der Waals surface area (Å²) in [6.45, 7) is 5.97. The molecule has 2 heterocycles. The van der Waals surface area contributed by atoms with Crippen LogP contribution in [0.25, 0.3) is 0 Å². The number of hydrogen-bond acceptors (Lipinski definition) is 4. The van der Waals surface area contributed by atoms with Crippen molar-refractivity contribution in [3.63, 3.8) is 0 Å². The molecule has 0 aromatic carbocycles. The van der Waals surface area contributed by atoms with Gasteiger partial charge in [0.2, 0.25) is 0 Å². The summed E-state index contributed by atoms with van der Waals surface area (Å²) in [5.41, 5.74) is 9.28. The summed E-state index contributed by atoms with van der Waals surface area (Å²) in [4.78, 5) is 9.79. The predicted octanol–water partition coefficient (Wildman–Crippen LogP) is 2.51. The lowest BCUT2D eigenvalue weighted by molar-refractivity contribution is 0.866. The fourth-order valence-corrected chi connectivity index (χ4v) is 2.61. The Balaban J connectivity index is 2.35. The third kappa shape index (κ3) is 2.13. The van der Waals surface area contributed by atoms with Gasteiger partial charge in [0.1, 0.15) is 0 Å². The zero-order chi connectivity index (χ0) is 11.7. The van der Waals surface area contributed by atoms with Crippen LogP contribution in [-0.2, 0) is 0 Å². The second-order valence-corrected chi connectivity index (χ2v) is 5.13. The van der Waals surface area contributed by atoms with Gasteiger partial charge in [-0.25, -0.2) is 4.98 Å². The lowest BCUT2D eigenvalue weighted by Gasteiger charge is -2.10. The largest absolute Gasteiger partial charge is 0.320 e. The van der Waals surface area contributed by atoms with Crippen molar-refractivity contribution in [2.75, 3.05) is 0 Å². The van der Waals surface area contributed by atoms with Crippen molar-refractivity contribution in [3.8, 4) is 0 Å². The maximum absolute atomic E-state index is 6.21. The van der Waals surface area contributed by atoms with Crippen molar-refractivity contribution in [2.45, 2.75) is 26.8 Å². The first-order valence-corrected chi connectivity index (χ1v) is 6.01. The average Bonchev–Trinajstić information content (AvgIpc) is 2.58. The Kier molecular flexibility index (Phi) is 3.03. The molecule has 1 atom stereocenters. The molecule has 2 rings (SSSR count). The standard InChI is InChI=1S/C12H15N3S/c1-7-4-5-10(6-14-7)11(13)12-8(2)15-9(3)16-12/h4-6,11H,13H2,1-3H3. The molecule has 0 fully saturated rings. The number of nitrogens with two attached hydrogens (primary N) is 1. The molecule has 0 aliphatic carbocycles. The fraction of sp³-hybridized carbons (Fsp3) is 0.333. The maximum atomic E-state index is 6.21. The molecule has 4 heteroatoms. The minimum Gasteiger partial charge on any atom is -0.320 e. The number of nitrogens with zero attached hydrogens (tertiary/aromatic N) is 2. The number of pyridine rings is 1. The molecular formula is C12H15N3S. The lowest BCUT2D eigenvalue weighted by atomic mass is 10.1. The topological polar surface area (TPSA) is 51.8 Å². The first-order chi connectivity index (χ1) is 7.58. The van der Waals surface area contributed by atoms with Gasteiger partial charge < -0.3 is 5.73 Å². The summed E-state index contributed by atoms with van der Waals surface area (Å²) < 4.78 is 0. The van der Waals surface area contributed by atoms with E-state index in [0.29, 0.717) is 0 Å². The number of aryl methyl sites for hydroxylation is 3. The Morgan fingerprint density at radius 2 is 2.00 bits per heavy atom. The molecule has 2 N–H and O–H groups in total. The third-order valence-electron chi connectivity index (χ3n) is 2.52. The van der Waals surface area contributed by atoms with Crippen LogP contribution in [0.2, 0.25) is 0 Å². The Morgan fingerprint density at radius 3 is 2.50 bits per heavy atom. The zero-order valence-corrected chi connectivity index (χ0v) is 10.5. The van der Waals surface area contributed by atoms with Crippen LogP contribution in [0.15, 0.2) is 18.3 Å². The summed E-state index contributed by atoms with van der Waals surface area (Å²) in [6.07, 6.45) is 1.84. The smallest absolute Gasteiger partial charge is 0.0900 e. The lowest BCUT2D eigenvalue weighted by Crippen LogP contribution is -2.11. The van der Waals surface area contributed by atoms with E-state index in [9.17, 15) is 0 Å². The number of aromatic nitrogens is 2. The molecule has 1 unspecified atom stereocenters. The van der Waals surface area contributed by atoms with Crippen molar-refractivity contribution < 1.29 is 0 Å². The molecule has 0 aliphatic rings. The number of rotatable bonds is 2. The monoisotopic (exact) mass is 233 g/mol. The molecule has 2 aromatic rings. The van der Waals surface area contributed by atoms with E-state index in [1.807, 2.05) is 39.1 Å². The summed E-state index contributed by atoms with van der Waals surface area (Å²) in [5, 5.41) is 1.06. The Labute approximate surface area is 99.4 Å². The quantitative estimate of drug-likeness (QED) is 0.867. The van der Waals surface area contributed by atoms with Gasteiger partial charge in [0.15, 0.2) is 0 Å². The van der Waals surface area contributed by atoms with Crippen LogP contribution in [-0.4, -0.2) is 9.97 Å². The minimum absolute atomic E-state index is 0.112. The summed E-state index contributed by atoms with van der Waals surface area (Å²) in [5.74, 6) is 0. The van der Waals surface area contributed by atoms with Gasteiger partial charge in [-0.15, -0.1) is 11.3 Å². The van der Waals surface area contributed by atoms with Gasteiger partial charge in [-0.3, -0.25) is 4.98 Å². The predicted molar refractivity (Wildman–Crippen MR) is 66.6 cm³/mol.